The smallest absolute Gasteiger partial charge is 0.255 e. The van der Waals surface area contributed by atoms with E-state index in [-0.39, 0.29) is 11.0 Å². The summed E-state index contributed by atoms with van der Waals surface area (Å²) in [7, 11) is 0. The van der Waals surface area contributed by atoms with Crippen molar-refractivity contribution in [1.82, 2.24) is 14.5 Å². The first-order valence-electron chi connectivity index (χ1n) is 9.73. The maximum atomic E-state index is 12.9. The van der Waals surface area contributed by atoms with Gasteiger partial charge >= 0.3 is 0 Å². The lowest BCUT2D eigenvalue weighted by atomic mass is 9.91. The standard InChI is InChI=1S/C23H22N4O2/c1-23(2)14-26(13-18-11-17-5-3-4-6-20(17)29-18)22-25-19(12-21(28)27(22)15-23)16-7-9-24-10-8-16/h3-12H,13-15H2,1-2H3. The Hall–Kier alpha value is -3.41. The third-order valence-corrected chi connectivity index (χ3v) is 5.28. The SMILES string of the molecule is CC1(C)CN(Cc2cc3ccccc3o2)c2nc(-c3ccncc3)cc(=O)n2C1. The minimum atomic E-state index is -0.0529. The van der Waals surface area contributed by atoms with Crippen LogP contribution in [0.4, 0.5) is 5.95 Å². The van der Waals surface area contributed by atoms with Crippen LogP contribution >= 0.6 is 0 Å². The molecule has 29 heavy (non-hydrogen) atoms. The second-order valence-electron chi connectivity index (χ2n) is 8.37. The Labute approximate surface area is 168 Å². The van der Waals surface area contributed by atoms with Gasteiger partial charge in [-0.25, -0.2) is 4.98 Å². The maximum Gasteiger partial charge on any atom is 0.255 e. The first kappa shape index (κ1) is 17.7. The lowest BCUT2D eigenvalue weighted by molar-refractivity contribution is 0.270. The molecule has 0 aliphatic carbocycles. The van der Waals surface area contributed by atoms with Crippen LogP contribution in [0.15, 0.2) is 70.1 Å². The molecule has 1 aromatic carbocycles. The Morgan fingerprint density at radius 1 is 1.07 bits per heavy atom. The Morgan fingerprint density at radius 3 is 2.66 bits per heavy atom. The molecule has 0 N–H and O–H groups in total. The highest BCUT2D eigenvalue weighted by Gasteiger charge is 2.32. The van der Waals surface area contributed by atoms with E-state index in [1.165, 1.54) is 0 Å². The fourth-order valence-electron chi connectivity index (χ4n) is 4.05. The van der Waals surface area contributed by atoms with Crippen molar-refractivity contribution in [3.63, 3.8) is 0 Å². The molecule has 1 aliphatic heterocycles. The molecule has 0 unspecified atom stereocenters. The van der Waals surface area contributed by atoms with E-state index < -0.39 is 0 Å². The molecule has 0 spiro atoms. The summed E-state index contributed by atoms with van der Waals surface area (Å²) >= 11 is 0. The van der Waals surface area contributed by atoms with Crippen LogP contribution in [0.5, 0.6) is 0 Å². The number of fused-ring (bicyclic) bond motifs is 2. The maximum absolute atomic E-state index is 12.9. The summed E-state index contributed by atoms with van der Waals surface area (Å²) in [6, 6.07) is 15.4. The zero-order chi connectivity index (χ0) is 20.0. The van der Waals surface area contributed by atoms with Gasteiger partial charge in [-0.1, -0.05) is 32.0 Å². The molecule has 0 saturated carbocycles. The summed E-state index contributed by atoms with van der Waals surface area (Å²) in [6.07, 6.45) is 3.42. The largest absolute Gasteiger partial charge is 0.459 e. The predicted molar refractivity (Wildman–Crippen MR) is 113 cm³/mol. The number of hydrogen-bond acceptors (Lipinski definition) is 5. The van der Waals surface area contributed by atoms with E-state index in [1.54, 1.807) is 23.0 Å². The van der Waals surface area contributed by atoms with Crippen LogP contribution in [-0.4, -0.2) is 21.1 Å². The molecule has 0 bridgehead atoms. The van der Waals surface area contributed by atoms with E-state index in [0.29, 0.717) is 24.7 Å². The molecule has 6 heteroatoms. The van der Waals surface area contributed by atoms with Crippen molar-refractivity contribution in [1.29, 1.82) is 0 Å². The molecule has 4 aromatic rings. The monoisotopic (exact) mass is 386 g/mol. The van der Waals surface area contributed by atoms with Gasteiger partial charge in [0.2, 0.25) is 5.95 Å². The molecule has 4 heterocycles. The van der Waals surface area contributed by atoms with Crippen molar-refractivity contribution in [2.24, 2.45) is 5.41 Å². The third kappa shape index (κ3) is 3.31. The van der Waals surface area contributed by atoms with Gasteiger partial charge in [0, 0.05) is 47.9 Å². The molecule has 6 nitrogen and oxygen atoms in total. The van der Waals surface area contributed by atoms with Crippen molar-refractivity contribution in [2.45, 2.75) is 26.9 Å². The topological polar surface area (TPSA) is 64.2 Å². The summed E-state index contributed by atoms with van der Waals surface area (Å²) < 4.78 is 7.81. The van der Waals surface area contributed by atoms with Crippen LogP contribution in [0.2, 0.25) is 0 Å². The fraction of sp³-hybridized carbons (Fsp3) is 0.261. The van der Waals surface area contributed by atoms with E-state index in [1.807, 2.05) is 36.4 Å². The van der Waals surface area contributed by atoms with E-state index in [9.17, 15) is 4.79 Å². The highest BCUT2D eigenvalue weighted by atomic mass is 16.3. The molecule has 146 valence electrons. The van der Waals surface area contributed by atoms with Gasteiger partial charge in [0.1, 0.15) is 11.3 Å². The number of benzene rings is 1. The van der Waals surface area contributed by atoms with Crippen molar-refractivity contribution in [2.75, 3.05) is 11.4 Å². The molecule has 0 amide bonds. The van der Waals surface area contributed by atoms with Crippen molar-refractivity contribution in [3.8, 4) is 11.3 Å². The second kappa shape index (κ2) is 6.58. The number of anilines is 1. The number of rotatable bonds is 3. The molecule has 0 radical (unpaired) electrons. The molecule has 3 aromatic heterocycles. The summed E-state index contributed by atoms with van der Waals surface area (Å²) in [5.74, 6) is 1.54. The quantitative estimate of drug-likeness (QED) is 0.530. The minimum absolute atomic E-state index is 0.0378. The van der Waals surface area contributed by atoms with Crippen LogP contribution in [0.3, 0.4) is 0 Å². The third-order valence-electron chi connectivity index (χ3n) is 5.28. The predicted octanol–water partition coefficient (Wildman–Crippen LogP) is 4.10. The van der Waals surface area contributed by atoms with Crippen molar-refractivity contribution < 1.29 is 4.42 Å². The van der Waals surface area contributed by atoms with Crippen LogP contribution in [0.1, 0.15) is 19.6 Å². The number of para-hydroxylation sites is 1. The van der Waals surface area contributed by atoms with Gasteiger partial charge in [-0.3, -0.25) is 14.3 Å². The summed E-state index contributed by atoms with van der Waals surface area (Å²) in [5, 5.41) is 1.08. The van der Waals surface area contributed by atoms with E-state index in [4.69, 9.17) is 9.40 Å². The summed E-state index contributed by atoms with van der Waals surface area (Å²) in [6.45, 7) is 6.33. The number of aromatic nitrogens is 3. The van der Waals surface area contributed by atoms with Gasteiger partial charge in [0.05, 0.1) is 12.2 Å². The molecular formula is C23H22N4O2. The first-order chi connectivity index (χ1) is 14.0. The Morgan fingerprint density at radius 2 is 1.86 bits per heavy atom. The molecular weight excluding hydrogens is 364 g/mol. The molecule has 1 aliphatic rings. The number of pyridine rings is 1. The molecule has 0 saturated heterocycles. The van der Waals surface area contributed by atoms with Crippen LogP contribution in [0.25, 0.3) is 22.2 Å². The zero-order valence-electron chi connectivity index (χ0n) is 16.5. The number of furan rings is 1. The van der Waals surface area contributed by atoms with Crippen LogP contribution in [-0.2, 0) is 13.1 Å². The van der Waals surface area contributed by atoms with E-state index in [2.05, 4.69) is 29.8 Å². The van der Waals surface area contributed by atoms with Crippen molar-refractivity contribution in [3.05, 3.63) is 77.0 Å². The van der Waals surface area contributed by atoms with Gasteiger partial charge in [-0.05, 0) is 24.3 Å². The normalized spacial score (nSPS) is 15.4. The Balaban J connectivity index is 1.59. The average molecular weight is 386 g/mol. The van der Waals surface area contributed by atoms with Gasteiger partial charge in [0.25, 0.3) is 5.56 Å². The second-order valence-corrected chi connectivity index (χ2v) is 8.37. The lowest BCUT2D eigenvalue weighted by Gasteiger charge is -2.40. The zero-order valence-corrected chi connectivity index (χ0v) is 16.5. The van der Waals surface area contributed by atoms with Gasteiger partial charge in [-0.15, -0.1) is 0 Å². The first-order valence-corrected chi connectivity index (χ1v) is 9.73. The highest BCUT2D eigenvalue weighted by molar-refractivity contribution is 5.77. The van der Waals surface area contributed by atoms with E-state index >= 15 is 0 Å². The van der Waals surface area contributed by atoms with Crippen LogP contribution < -0.4 is 10.5 Å². The highest BCUT2D eigenvalue weighted by Crippen LogP contribution is 2.32. The fourth-order valence-corrected chi connectivity index (χ4v) is 4.05. The van der Waals surface area contributed by atoms with Gasteiger partial charge in [-0.2, -0.15) is 0 Å². The molecule has 0 atom stereocenters. The molecule has 0 fully saturated rings. The number of hydrogen-bond donors (Lipinski definition) is 0. The Kier molecular flexibility index (Phi) is 4.01. The summed E-state index contributed by atoms with van der Waals surface area (Å²) in [4.78, 5) is 24.0. The van der Waals surface area contributed by atoms with Gasteiger partial charge in [0.15, 0.2) is 0 Å². The molecule has 5 rings (SSSR count). The average Bonchev–Trinajstić information content (AvgIpc) is 3.11. The Bertz CT molecular complexity index is 1210. The van der Waals surface area contributed by atoms with Gasteiger partial charge < -0.3 is 9.32 Å². The minimum Gasteiger partial charge on any atom is -0.459 e. The van der Waals surface area contributed by atoms with Crippen LogP contribution in [0, 0.1) is 5.41 Å². The summed E-state index contributed by atoms with van der Waals surface area (Å²) in [5.41, 5.74) is 2.33. The van der Waals surface area contributed by atoms with Crippen molar-refractivity contribution >= 4 is 16.9 Å². The van der Waals surface area contributed by atoms with E-state index in [0.717, 1.165) is 28.8 Å². The number of nitrogens with zero attached hydrogens (tertiary/aromatic N) is 4. The lowest BCUT2D eigenvalue weighted by Crippen LogP contribution is -2.47.